The van der Waals surface area contributed by atoms with E-state index in [-0.39, 0.29) is 0 Å². The van der Waals surface area contributed by atoms with Gasteiger partial charge in [0.2, 0.25) is 0 Å². The van der Waals surface area contributed by atoms with Gasteiger partial charge < -0.3 is 11.1 Å². The number of nitrogens with one attached hydrogen (secondary N) is 1. The van der Waals surface area contributed by atoms with Crippen LogP contribution < -0.4 is 11.1 Å². The highest BCUT2D eigenvalue weighted by molar-refractivity contribution is 7.22. The minimum Gasteiger partial charge on any atom is -0.361 e. The molecule has 0 aliphatic heterocycles. The summed E-state index contributed by atoms with van der Waals surface area (Å²) in [6.07, 6.45) is 4.34. The molecule has 1 unspecified atom stereocenters. The summed E-state index contributed by atoms with van der Waals surface area (Å²) < 4.78 is 1.28. The van der Waals surface area contributed by atoms with E-state index in [4.69, 9.17) is 5.73 Å². The first kappa shape index (κ1) is 11.9. The maximum Gasteiger partial charge on any atom is 0.183 e. The normalized spacial score (nSPS) is 18.9. The molecule has 3 nitrogen and oxygen atoms in total. The first-order valence-corrected chi connectivity index (χ1v) is 7.49. The van der Waals surface area contributed by atoms with Crippen LogP contribution in [0.25, 0.3) is 10.2 Å². The van der Waals surface area contributed by atoms with Gasteiger partial charge in [0.15, 0.2) is 5.13 Å². The third-order valence-corrected chi connectivity index (χ3v) is 4.48. The Hall–Kier alpha value is -1.13. The molecule has 1 heterocycles. The molecule has 1 aromatic carbocycles. The molecule has 0 radical (unpaired) electrons. The Morgan fingerprint density at radius 1 is 1.44 bits per heavy atom. The van der Waals surface area contributed by atoms with E-state index in [0.717, 1.165) is 42.9 Å². The number of hydrogen-bond acceptors (Lipinski definition) is 4. The quantitative estimate of drug-likeness (QED) is 0.893. The van der Waals surface area contributed by atoms with Crippen molar-refractivity contribution in [2.45, 2.75) is 38.6 Å². The number of nitrogens with two attached hydrogens (primary N) is 1. The number of nitrogens with zero attached hydrogens (tertiary/aromatic N) is 1. The van der Waals surface area contributed by atoms with Crippen molar-refractivity contribution in [3.63, 3.8) is 0 Å². The highest BCUT2D eigenvalue weighted by Crippen LogP contribution is 2.31. The second-order valence-electron chi connectivity index (χ2n) is 5.04. The molecule has 1 atom stereocenters. The van der Waals surface area contributed by atoms with Crippen molar-refractivity contribution in [3.8, 4) is 0 Å². The molecule has 3 rings (SSSR count). The second-order valence-corrected chi connectivity index (χ2v) is 6.07. The van der Waals surface area contributed by atoms with Gasteiger partial charge in [-0.05, 0) is 48.9 Å². The van der Waals surface area contributed by atoms with Crippen LogP contribution in [0.4, 0.5) is 5.13 Å². The van der Waals surface area contributed by atoms with Crippen molar-refractivity contribution >= 4 is 26.7 Å². The van der Waals surface area contributed by atoms with E-state index in [1.807, 2.05) is 0 Å². The molecule has 0 amide bonds. The van der Waals surface area contributed by atoms with Gasteiger partial charge in [-0.2, -0.15) is 0 Å². The maximum absolute atomic E-state index is 6.04. The Bertz CT molecular complexity index is 561. The molecule has 2 aromatic rings. The summed E-state index contributed by atoms with van der Waals surface area (Å²) in [6, 6.07) is 4.88. The average Bonchev–Trinajstić information content (AvgIpc) is 2.75. The lowest BCUT2D eigenvalue weighted by atomic mass is 9.89. The maximum atomic E-state index is 6.04. The Kier molecular flexibility index (Phi) is 3.22. The van der Waals surface area contributed by atoms with Crippen LogP contribution in [0.3, 0.4) is 0 Å². The minimum absolute atomic E-state index is 0.334. The number of hydrogen-bond donors (Lipinski definition) is 2. The molecule has 0 fully saturated rings. The zero-order chi connectivity index (χ0) is 12.5. The van der Waals surface area contributed by atoms with Crippen molar-refractivity contribution in [1.82, 2.24) is 4.98 Å². The fraction of sp³-hybridized carbons (Fsp3) is 0.500. The number of thiazole rings is 1. The van der Waals surface area contributed by atoms with Crippen molar-refractivity contribution in [2.24, 2.45) is 5.73 Å². The Morgan fingerprint density at radius 2 is 2.33 bits per heavy atom. The molecule has 0 bridgehead atoms. The summed E-state index contributed by atoms with van der Waals surface area (Å²) in [5, 5.41) is 4.41. The summed E-state index contributed by atoms with van der Waals surface area (Å²) >= 11 is 1.75. The Balaban J connectivity index is 1.96. The third-order valence-electron chi connectivity index (χ3n) is 3.50. The predicted octanol–water partition coefficient (Wildman–Crippen LogP) is 2.93. The van der Waals surface area contributed by atoms with E-state index in [9.17, 15) is 0 Å². The van der Waals surface area contributed by atoms with E-state index in [1.165, 1.54) is 15.8 Å². The van der Waals surface area contributed by atoms with Crippen LogP contribution in [-0.4, -0.2) is 17.6 Å². The average molecular weight is 261 g/mol. The molecule has 96 valence electrons. The lowest BCUT2D eigenvalue weighted by Gasteiger charge is -2.20. The molecule has 1 aliphatic rings. The van der Waals surface area contributed by atoms with Crippen LogP contribution in [0.15, 0.2) is 12.1 Å². The monoisotopic (exact) mass is 261 g/mol. The second kappa shape index (κ2) is 4.86. The van der Waals surface area contributed by atoms with Crippen LogP contribution in [-0.2, 0) is 12.8 Å². The number of aromatic nitrogens is 1. The summed E-state index contributed by atoms with van der Waals surface area (Å²) in [5.41, 5.74) is 10.0. The Morgan fingerprint density at radius 3 is 3.17 bits per heavy atom. The Labute approximate surface area is 111 Å². The molecule has 0 saturated heterocycles. The summed E-state index contributed by atoms with van der Waals surface area (Å²) in [5.74, 6) is 0. The molecule has 1 aliphatic carbocycles. The van der Waals surface area contributed by atoms with E-state index < -0.39 is 0 Å². The van der Waals surface area contributed by atoms with Gasteiger partial charge in [-0.15, -0.1) is 0 Å². The lowest BCUT2D eigenvalue weighted by Crippen LogP contribution is -2.27. The standard InChI is InChI=1S/C14H19N3S/c1-2-5-16-14-17-12-7-9-3-4-11(15)6-10(9)8-13(12)18-14/h7-8,11H,2-6,15H2,1H3,(H,16,17). The molecule has 0 saturated carbocycles. The minimum atomic E-state index is 0.334. The van der Waals surface area contributed by atoms with E-state index in [0.29, 0.717) is 6.04 Å². The van der Waals surface area contributed by atoms with E-state index >= 15 is 0 Å². The molecular formula is C14H19N3S. The predicted molar refractivity (Wildman–Crippen MR) is 78.4 cm³/mol. The van der Waals surface area contributed by atoms with Gasteiger partial charge in [-0.1, -0.05) is 18.3 Å². The topological polar surface area (TPSA) is 50.9 Å². The zero-order valence-electron chi connectivity index (χ0n) is 10.7. The largest absolute Gasteiger partial charge is 0.361 e. The molecular weight excluding hydrogens is 242 g/mol. The summed E-state index contributed by atoms with van der Waals surface area (Å²) in [4.78, 5) is 4.65. The van der Waals surface area contributed by atoms with E-state index in [1.54, 1.807) is 11.3 Å². The van der Waals surface area contributed by atoms with Crippen molar-refractivity contribution in [2.75, 3.05) is 11.9 Å². The van der Waals surface area contributed by atoms with Crippen LogP contribution >= 0.6 is 11.3 Å². The molecule has 4 heteroatoms. The van der Waals surface area contributed by atoms with Gasteiger partial charge in [-0.25, -0.2) is 4.98 Å². The number of fused-ring (bicyclic) bond motifs is 2. The molecule has 0 spiro atoms. The molecule has 3 N–H and O–H groups in total. The highest BCUT2D eigenvalue weighted by Gasteiger charge is 2.17. The van der Waals surface area contributed by atoms with Crippen LogP contribution in [0.1, 0.15) is 30.9 Å². The number of aryl methyl sites for hydroxylation is 1. The number of benzene rings is 1. The first-order valence-electron chi connectivity index (χ1n) is 6.68. The van der Waals surface area contributed by atoms with Crippen LogP contribution in [0.5, 0.6) is 0 Å². The first-order chi connectivity index (χ1) is 8.76. The van der Waals surface area contributed by atoms with Crippen LogP contribution in [0, 0.1) is 0 Å². The van der Waals surface area contributed by atoms with Gasteiger partial charge in [0.1, 0.15) is 0 Å². The van der Waals surface area contributed by atoms with Gasteiger partial charge in [0, 0.05) is 12.6 Å². The summed E-state index contributed by atoms with van der Waals surface area (Å²) in [6.45, 7) is 3.16. The highest BCUT2D eigenvalue weighted by atomic mass is 32.1. The van der Waals surface area contributed by atoms with Gasteiger partial charge >= 0.3 is 0 Å². The summed E-state index contributed by atoms with van der Waals surface area (Å²) in [7, 11) is 0. The lowest BCUT2D eigenvalue weighted by molar-refractivity contribution is 0.577. The third kappa shape index (κ3) is 2.22. The number of anilines is 1. The van der Waals surface area contributed by atoms with Crippen LogP contribution in [0.2, 0.25) is 0 Å². The van der Waals surface area contributed by atoms with Gasteiger partial charge in [0.05, 0.1) is 10.2 Å². The number of rotatable bonds is 3. The molecule has 1 aromatic heterocycles. The van der Waals surface area contributed by atoms with Crippen molar-refractivity contribution in [3.05, 3.63) is 23.3 Å². The fourth-order valence-corrected chi connectivity index (χ4v) is 3.45. The van der Waals surface area contributed by atoms with E-state index in [2.05, 4.69) is 29.4 Å². The van der Waals surface area contributed by atoms with Gasteiger partial charge in [-0.3, -0.25) is 0 Å². The smallest absolute Gasteiger partial charge is 0.183 e. The van der Waals surface area contributed by atoms with Crippen molar-refractivity contribution < 1.29 is 0 Å². The zero-order valence-corrected chi connectivity index (χ0v) is 11.5. The van der Waals surface area contributed by atoms with Gasteiger partial charge in [0.25, 0.3) is 0 Å². The fourth-order valence-electron chi connectivity index (χ4n) is 2.51. The molecule has 18 heavy (non-hydrogen) atoms. The SMILES string of the molecule is CCCNc1nc2cc3c(cc2s1)CC(N)CC3. The van der Waals surface area contributed by atoms with Crippen molar-refractivity contribution in [1.29, 1.82) is 0 Å².